The Kier molecular flexibility index (Phi) is 6.04. The maximum Gasteiger partial charge on any atom is 0.303 e. The van der Waals surface area contributed by atoms with E-state index in [0.29, 0.717) is 22.9 Å². The van der Waals surface area contributed by atoms with Gasteiger partial charge in [-0.15, -0.1) is 0 Å². The standard InChI is InChI=1S/C19H20ClNO4/c1-19(2,25-16-10-6-14(20)7-11-16)18(24)21-15-8-3-13(4-9-15)5-12-17(22)23/h3-4,6-11H,5,12H2,1-2H3,(H,21,24)(H,22,23). The number of hydrogen-bond donors (Lipinski definition) is 2. The van der Waals surface area contributed by atoms with Gasteiger partial charge in [0.1, 0.15) is 5.75 Å². The van der Waals surface area contributed by atoms with Crippen LogP contribution < -0.4 is 10.1 Å². The van der Waals surface area contributed by atoms with Crippen molar-refractivity contribution in [3.8, 4) is 5.75 Å². The van der Waals surface area contributed by atoms with Crippen LogP contribution in [-0.4, -0.2) is 22.6 Å². The van der Waals surface area contributed by atoms with Crippen LogP contribution in [0, 0.1) is 0 Å². The second-order valence-corrected chi connectivity index (χ2v) is 6.55. The van der Waals surface area contributed by atoms with Crippen LogP contribution in [0.25, 0.3) is 0 Å². The summed E-state index contributed by atoms with van der Waals surface area (Å²) in [6.45, 7) is 3.36. The normalized spacial score (nSPS) is 11.0. The Morgan fingerprint density at radius 3 is 2.24 bits per heavy atom. The molecule has 132 valence electrons. The predicted molar refractivity (Wildman–Crippen MR) is 97.2 cm³/mol. The van der Waals surface area contributed by atoms with E-state index in [2.05, 4.69) is 5.32 Å². The molecule has 1 amide bonds. The van der Waals surface area contributed by atoms with Crippen LogP contribution in [0.3, 0.4) is 0 Å². The van der Waals surface area contributed by atoms with Crippen molar-refractivity contribution in [2.45, 2.75) is 32.3 Å². The first-order chi connectivity index (χ1) is 11.8. The zero-order valence-electron chi connectivity index (χ0n) is 14.1. The molecular formula is C19H20ClNO4. The summed E-state index contributed by atoms with van der Waals surface area (Å²) >= 11 is 5.84. The van der Waals surface area contributed by atoms with Crippen LogP contribution in [0.5, 0.6) is 5.75 Å². The van der Waals surface area contributed by atoms with E-state index >= 15 is 0 Å². The molecule has 0 radical (unpaired) electrons. The molecule has 0 aliphatic heterocycles. The summed E-state index contributed by atoms with van der Waals surface area (Å²) < 4.78 is 5.74. The number of ether oxygens (including phenoxy) is 1. The highest BCUT2D eigenvalue weighted by molar-refractivity contribution is 6.30. The Hall–Kier alpha value is -2.53. The number of carboxylic acid groups (broad SMARTS) is 1. The lowest BCUT2D eigenvalue weighted by Crippen LogP contribution is -2.42. The average molecular weight is 362 g/mol. The Bertz CT molecular complexity index is 739. The minimum Gasteiger partial charge on any atom is -0.481 e. The molecule has 0 bridgehead atoms. The number of rotatable bonds is 7. The monoisotopic (exact) mass is 361 g/mol. The van der Waals surface area contributed by atoms with Crippen molar-refractivity contribution in [1.82, 2.24) is 0 Å². The maximum atomic E-state index is 12.5. The molecule has 0 saturated heterocycles. The minimum absolute atomic E-state index is 0.0771. The van der Waals surface area contributed by atoms with E-state index in [1.807, 2.05) is 0 Å². The molecule has 0 aliphatic rings. The van der Waals surface area contributed by atoms with Crippen LogP contribution >= 0.6 is 11.6 Å². The first-order valence-electron chi connectivity index (χ1n) is 7.83. The quantitative estimate of drug-likeness (QED) is 0.776. The molecule has 2 aromatic carbocycles. The lowest BCUT2D eigenvalue weighted by Gasteiger charge is -2.25. The second kappa shape index (κ2) is 8.03. The molecule has 0 aliphatic carbocycles. The number of benzene rings is 2. The largest absolute Gasteiger partial charge is 0.481 e. The second-order valence-electron chi connectivity index (χ2n) is 6.11. The van der Waals surface area contributed by atoms with Gasteiger partial charge in [0.05, 0.1) is 0 Å². The van der Waals surface area contributed by atoms with Crippen molar-refractivity contribution < 1.29 is 19.4 Å². The highest BCUT2D eigenvalue weighted by Crippen LogP contribution is 2.22. The smallest absolute Gasteiger partial charge is 0.303 e. The predicted octanol–water partition coefficient (Wildman–Crippen LogP) is 4.15. The molecule has 2 rings (SSSR count). The molecule has 2 aromatic rings. The van der Waals surface area contributed by atoms with Crippen LogP contribution in [0.1, 0.15) is 25.8 Å². The Labute approximate surface area is 151 Å². The topological polar surface area (TPSA) is 75.6 Å². The third-order valence-corrected chi connectivity index (χ3v) is 3.82. The number of halogens is 1. The third kappa shape index (κ3) is 5.80. The minimum atomic E-state index is -1.07. The van der Waals surface area contributed by atoms with Gasteiger partial charge in [-0.25, -0.2) is 0 Å². The summed E-state index contributed by atoms with van der Waals surface area (Å²) in [5.41, 5.74) is 0.449. The summed E-state index contributed by atoms with van der Waals surface area (Å²) in [6, 6.07) is 13.9. The average Bonchev–Trinajstić information content (AvgIpc) is 2.56. The van der Waals surface area contributed by atoms with E-state index in [1.165, 1.54) is 0 Å². The molecule has 2 N–H and O–H groups in total. The fourth-order valence-corrected chi connectivity index (χ4v) is 2.26. The first-order valence-corrected chi connectivity index (χ1v) is 8.21. The highest BCUT2D eigenvalue weighted by Gasteiger charge is 2.30. The molecule has 0 spiro atoms. The molecule has 0 saturated carbocycles. The lowest BCUT2D eigenvalue weighted by atomic mass is 10.1. The van der Waals surface area contributed by atoms with Gasteiger partial charge >= 0.3 is 5.97 Å². The van der Waals surface area contributed by atoms with E-state index in [0.717, 1.165) is 5.56 Å². The van der Waals surface area contributed by atoms with Crippen LogP contribution in [-0.2, 0) is 16.0 Å². The molecular weight excluding hydrogens is 342 g/mol. The van der Waals surface area contributed by atoms with Gasteiger partial charge in [-0.05, 0) is 62.2 Å². The van der Waals surface area contributed by atoms with Crippen molar-refractivity contribution in [2.24, 2.45) is 0 Å². The Morgan fingerprint density at radius 2 is 1.68 bits per heavy atom. The lowest BCUT2D eigenvalue weighted by molar-refractivity contribution is -0.137. The Balaban J connectivity index is 1.97. The summed E-state index contributed by atoms with van der Waals surface area (Å²) in [4.78, 5) is 23.1. The Morgan fingerprint density at radius 1 is 1.08 bits per heavy atom. The van der Waals surface area contributed by atoms with Gasteiger partial charge in [0.15, 0.2) is 5.60 Å². The van der Waals surface area contributed by atoms with Gasteiger partial charge in [0.2, 0.25) is 0 Å². The van der Waals surface area contributed by atoms with Gasteiger partial charge in [-0.2, -0.15) is 0 Å². The number of aliphatic carboxylic acids is 1. The molecule has 0 atom stereocenters. The van der Waals surface area contributed by atoms with E-state index in [9.17, 15) is 9.59 Å². The van der Waals surface area contributed by atoms with Crippen LogP contribution in [0.4, 0.5) is 5.69 Å². The van der Waals surface area contributed by atoms with Gasteiger partial charge < -0.3 is 15.2 Å². The molecule has 0 heterocycles. The van der Waals surface area contributed by atoms with Crippen molar-refractivity contribution >= 4 is 29.2 Å². The summed E-state index contributed by atoms with van der Waals surface area (Å²) in [5, 5.41) is 12.1. The number of hydrogen-bond acceptors (Lipinski definition) is 3. The highest BCUT2D eigenvalue weighted by atomic mass is 35.5. The van der Waals surface area contributed by atoms with Crippen LogP contribution in [0.2, 0.25) is 5.02 Å². The van der Waals surface area contributed by atoms with E-state index in [1.54, 1.807) is 62.4 Å². The van der Waals surface area contributed by atoms with Gasteiger partial charge in [-0.3, -0.25) is 9.59 Å². The molecule has 6 heteroatoms. The van der Waals surface area contributed by atoms with Crippen molar-refractivity contribution in [1.29, 1.82) is 0 Å². The number of nitrogens with one attached hydrogen (secondary N) is 1. The van der Waals surface area contributed by atoms with E-state index in [-0.39, 0.29) is 12.3 Å². The molecule has 25 heavy (non-hydrogen) atoms. The number of anilines is 1. The zero-order chi connectivity index (χ0) is 18.4. The van der Waals surface area contributed by atoms with E-state index < -0.39 is 11.6 Å². The molecule has 5 nitrogen and oxygen atoms in total. The number of aryl methyl sites for hydroxylation is 1. The summed E-state index contributed by atoms with van der Waals surface area (Å²) in [5.74, 6) is -0.576. The molecule has 0 unspecified atom stereocenters. The van der Waals surface area contributed by atoms with Crippen molar-refractivity contribution in [2.75, 3.05) is 5.32 Å². The zero-order valence-corrected chi connectivity index (χ0v) is 14.8. The number of carboxylic acids is 1. The summed E-state index contributed by atoms with van der Waals surface area (Å²) in [7, 11) is 0. The van der Waals surface area contributed by atoms with Crippen molar-refractivity contribution in [3.63, 3.8) is 0 Å². The van der Waals surface area contributed by atoms with Gasteiger partial charge in [0.25, 0.3) is 5.91 Å². The maximum absolute atomic E-state index is 12.5. The van der Waals surface area contributed by atoms with Crippen LogP contribution in [0.15, 0.2) is 48.5 Å². The number of carbonyl (C=O) groups excluding carboxylic acids is 1. The fraction of sp³-hybridized carbons (Fsp3) is 0.263. The SMILES string of the molecule is CC(C)(Oc1ccc(Cl)cc1)C(=O)Nc1ccc(CCC(=O)O)cc1. The number of amides is 1. The molecule has 0 fully saturated rings. The third-order valence-electron chi connectivity index (χ3n) is 3.57. The van der Waals surface area contributed by atoms with Crippen molar-refractivity contribution in [3.05, 3.63) is 59.1 Å². The van der Waals surface area contributed by atoms with E-state index in [4.69, 9.17) is 21.4 Å². The summed E-state index contributed by atoms with van der Waals surface area (Å²) in [6.07, 6.45) is 0.530. The molecule has 0 aromatic heterocycles. The first kappa shape index (κ1) is 18.8. The number of carbonyl (C=O) groups is 2. The fourth-order valence-electron chi connectivity index (χ4n) is 2.13. The van der Waals surface area contributed by atoms with Gasteiger partial charge in [-0.1, -0.05) is 23.7 Å². The van der Waals surface area contributed by atoms with Gasteiger partial charge in [0, 0.05) is 17.1 Å².